The number of para-hydroxylation sites is 1. The van der Waals surface area contributed by atoms with E-state index in [9.17, 15) is 14.4 Å². The number of benzene rings is 1. The molecule has 9 heteroatoms. The second kappa shape index (κ2) is 11.0. The fourth-order valence-corrected chi connectivity index (χ4v) is 3.85. The highest BCUT2D eigenvalue weighted by Gasteiger charge is 2.20. The maximum atomic E-state index is 13.1. The van der Waals surface area contributed by atoms with Crippen LogP contribution in [0.4, 0.5) is 4.79 Å². The maximum absolute atomic E-state index is 13.1. The molecule has 29 heavy (non-hydrogen) atoms. The third kappa shape index (κ3) is 6.04. The number of nitrogens with one attached hydrogen (secondary N) is 2. The number of aromatic nitrogens is 2. The standard InChI is InChI=1S/C20H29N5O3S/c1-5-24(6-2)12-9-13-25-18(27)15-10-7-8-11-16(15)22-20(25)29-14(3)17(26)23-19(28)21-4/h7-8,10-11,14H,5-6,9,12-13H2,1-4H3,(H2,21,23,26,28). The summed E-state index contributed by atoms with van der Waals surface area (Å²) >= 11 is 1.18. The largest absolute Gasteiger partial charge is 0.341 e. The number of hydrogen-bond acceptors (Lipinski definition) is 6. The first-order valence-corrected chi connectivity index (χ1v) is 10.7. The van der Waals surface area contributed by atoms with Gasteiger partial charge < -0.3 is 10.2 Å². The predicted octanol–water partition coefficient (Wildman–Crippen LogP) is 2.06. The van der Waals surface area contributed by atoms with Gasteiger partial charge in [0.1, 0.15) is 0 Å². The van der Waals surface area contributed by atoms with Crippen LogP contribution in [0.25, 0.3) is 10.9 Å². The summed E-state index contributed by atoms with van der Waals surface area (Å²) in [5.74, 6) is -0.438. The minimum absolute atomic E-state index is 0.114. The summed E-state index contributed by atoms with van der Waals surface area (Å²) in [6.45, 7) is 9.22. The Morgan fingerprint density at radius 2 is 1.93 bits per heavy atom. The molecule has 0 aliphatic carbocycles. The zero-order valence-electron chi connectivity index (χ0n) is 17.4. The number of carbonyl (C=O) groups excluding carboxylic acids is 2. The van der Waals surface area contributed by atoms with Crippen LogP contribution >= 0.6 is 11.8 Å². The number of hydrogen-bond donors (Lipinski definition) is 2. The van der Waals surface area contributed by atoms with Gasteiger partial charge >= 0.3 is 6.03 Å². The number of thioether (sulfide) groups is 1. The highest BCUT2D eigenvalue weighted by Crippen LogP contribution is 2.23. The van der Waals surface area contributed by atoms with Crippen LogP contribution in [0.1, 0.15) is 27.2 Å². The topological polar surface area (TPSA) is 96.3 Å². The van der Waals surface area contributed by atoms with Gasteiger partial charge in [-0.1, -0.05) is 37.7 Å². The van der Waals surface area contributed by atoms with Gasteiger partial charge in [0.15, 0.2) is 5.16 Å². The number of rotatable bonds is 9. The molecule has 1 unspecified atom stereocenters. The summed E-state index contributed by atoms with van der Waals surface area (Å²) < 4.78 is 1.64. The van der Waals surface area contributed by atoms with Gasteiger partial charge in [0.2, 0.25) is 5.91 Å². The molecule has 1 heterocycles. The summed E-state index contributed by atoms with van der Waals surface area (Å²) in [6, 6.07) is 6.64. The molecule has 1 aromatic carbocycles. The van der Waals surface area contributed by atoms with E-state index in [1.807, 2.05) is 12.1 Å². The molecule has 0 aliphatic rings. The van der Waals surface area contributed by atoms with E-state index in [1.165, 1.54) is 18.8 Å². The Hall–Kier alpha value is -2.39. The summed E-state index contributed by atoms with van der Waals surface area (Å²) in [5, 5.41) is 5.06. The number of fused-ring (bicyclic) bond motifs is 1. The quantitative estimate of drug-likeness (QED) is 0.477. The molecule has 0 radical (unpaired) electrons. The van der Waals surface area contributed by atoms with E-state index in [0.717, 1.165) is 26.1 Å². The van der Waals surface area contributed by atoms with Crippen molar-refractivity contribution in [2.75, 3.05) is 26.7 Å². The van der Waals surface area contributed by atoms with Crippen LogP contribution in [0, 0.1) is 0 Å². The van der Waals surface area contributed by atoms with Gasteiger partial charge in [-0.2, -0.15) is 0 Å². The minimum atomic E-state index is -0.589. The molecule has 0 fully saturated rings. The van der Waals surface area contributed by atoms with Crippen LogP contribution in [-0.4, -0.2) is 58.3 Å². The van der Waals surface area contributed by atoms with Crippen molar-refractivity contribution < 1.29 is 9.59 Å². The zero-order chi connectivity index (χ0) is 21.4. The van der Waals surface area contributed by atoms with E-state index in [0.29, 0.717) is 22.6 Å². The first kappa shape index (κ1) is 22.9. The normalized spacial score (nSPS) is 12.2. The fraction of sp³-hybridized carbons (Fsp3) is 0.500. The molecule has 0 spiro atoms. The molecule has 0 bridgehead atoms. The van der Waals surface area contributed by atoms with Gasteiger partial charge in [-0.15, -0.1) is 0 Å². The Balaban J connectivity index is 2.29. The van der Waals surface area contributed by atoms with Gasteiger partial charge in [0.05, 0.1) is 16.2 Å². The monoisotopic (exact) mass is 419 g/mol. The van der Waals surface area contributed by atoms with E-state index in [4.69, 9.17) is 0 Å². The van der Waals surface area contributed by atoms with Crippen molar-refractivity contribution in [3.63, 3.8) is 0 Å². The highest BCUT2D eigenvalue weighted by atomic mass is 32.2. The van der Waals surface area contributed by atoms with Crippen molar-refractivity contribution >= 4 is 34.6 Å². The number of imide groups is 1. The third-order valence-corrected chi connectivity index (χ3v) is 5.78. The SMILES string of the molecule is CCN(CC)CCCn1c(SC(C)C(=O)NC(=O)NC)nc2ccccc2c1=O. The lowest BCUT2D eigenvalue weighted by molar-refractivity contribution is -0.119. The molecule has 0 saturated heterocycles. The van der Waals surface area contributed by atoms with Crippen LogP contribution in [0.3, 0.4) is 0 Å². The number of carbonyl (C=O) groups is 2. The number of nitrogens with zero attached hydrogens (tertiary/aromatic N) is 3. The summed E-state index contributed by atoms with van der Waals surface area (Å²) in [6.07, 6.45) is 0.800. The number of urea groups is 1. The molecular weight excluding hydrogens is 390 g/mol. The van der Waals surface area contributed by atoms with Crippen LogP contribution in [-0.2, 0) is 11.3 Å². The molecule has 8 nitrogen and oxygen atoms in total. The lowest BCUT2D eigenvalue weighted by Gasteiger charge is -2.19. The van der Waals surface area contributed by atoms with E-state index >= 15 is 0 Å². The first-order valence-electron chi connectivity index (χ1n) is 9.82. The summed E-state index contributed by atoms with van der Waals surface area (Å²) in [4.78, 5) is 43.6. The average Bonchev–Trinajstić information content (AvgIpc) is 2.72. The first-order chi connectivity index (χ1) is 13.9. The van der Waals surface area contributed by atoms with Crippen molar-refractivity contribution in [3.8, 4) is 0 Å². The Bertz CT molecular complexity index is 911. The highest BCUT2D eigenvalue weighted by molar-refractivity contribution is 8.00. The number of amides is 3. The van der Waals surface area contributed by atoms with Gasteiger partial charge in [0.25, 0.3) is 5.56 Å². The summed E-state index contributed by atoms with van der Waals surface area (Å²) in [5.41, 5.74) is 0.482. The molecule has 0 saturated carbocycles. The van der Waals surface area contributed by atoms with Crippen LogP contribution in [0.2, 0.25) is 0 Å². The lowest BCUT2D eigenvalue weighted by Crippen LogP contribution is -2.41. The molecule has 1 aromatic heterocycles. The van der Waals surface area contributed by atoms with E-state index in [1.54, 1.807) is 23.6 Å². The van der Waals surface area contributed by atoms with Gasteiger partial charge in [-0.3, -0.25) is 19.5 Å². The average molecular weight is 420 g/mol. The van der Waals surface area contributed by atoms with Crippen LogP contribution < -0.4 is 16.2 Å². The van der Waals surface area contributed by atoms with E-state index < -0.39 is 17.2 Å². The Morgan fingerprint density at radius 1 is 1.24 bits per heavy atom. The minimum Gasteiger partial charge on any atom is -0.341 e. The second-order valence-electron chi connectivity index (χ2n) is 6.58. The molecule has 2 aromatic rings. The molecule has 1 atom stereocenters. The lowest BCUT2D eigenvalue weighted by atomic mass is 10.2. The van der Waals surface area contributed by atoms with E-state index in [-0.39, 0.29) is 5.56 Å². The van der Waals surface area contributed by atoms with Gasteiger partial charge in [-0.05, 0) is 45.1 Å². The molecule has 0 aliphatic heterocycles. The Labute approximate surface area is 175 Å². The smallest absolute Gasteiger partial charge is 0.321 e. The molecule has 2 N–H and O–H groups in total. The Kier molecular flexibility index (Phi) is 8.66. The van der Waals surface area contributed by atoms with Crippen molar-refractivity contribution in [3.05, 3.63) is 34.6 Å². The molecule has 3 amide bonds. The van der Waals surface area contributed by atoms with Crippen LogP contribution in [0.5, 0.6) is 0 Å². The summed E-state index contributed by atoms with van der Waals surface area (Å²) in [7, 11) is 1.44. The fourth-order valence-electron chi connectivity index (χ4n) is 2.91. The maximum Gasteiger partial charge on any atom is 0.321 e. The molecule has 158 valence electrons. The van der Waals surface area contributed by atoms with Crippen molar-refractivity contribution in [1.82, 2.24) is 25.1 Å². The van der Waals surface area contributed by atoms with Crippen molar-refractivity contribution in [2.45, 2.75) is 44.1 Å². The van der Waals surface area contributed by atoms with Crippen LogP contribution in [0.15, 0.2) is 34.2 Å². The van der Waals surface area contributed by atoms with Crippen molar-refractivity contribution in [2.24, 2.45) is 0 Å². The molecular formula is C20H29N5O3S. The van der Waals surface area contributed by atoms with Gasteiger partial charge in [-0.25, -0.2) is 9.78 Å². The van der Waals surface area contributed by atoms with Gasteiger partial charge in [0, 0.05) is 13.6 Å². The van der Waals surface area contributed by atoms with Crippen molar-refractivity contribution in [1.29, 1.82) is 0 Å². The third-order valence-electron chi connectivity index (χ3n) is 4.69. The Morgan fingerprint density at radius 3 is 2.59 bits per heavy atom. The second-order valence-corrected chi connectivity index (χ2v) is 7.89. The zero-order valence-corrected chi connectivity index (χ0v) is 18.2. The predicted molar refractivity (Wildman–Crippen MR) is 116 cm³/mol. The molecule has 2 rings (SSSR count). The van der Waals surface area contributed by atoms with E-state index in [2.05, 4.69) is 34.4 Å².